The molecule has 0 atom stereocenters. The number of nitrogens with one attached hydrogen (secondary N) is 1. The SMILES string of the molecule is COc1cccc(N(C)c2ccc3c(-c4cc5nccc(C(=O)O)c5[nH]4)n(C)nc3c2)c1. The van der Waals surface area contributed by atoms with Crippen molar-refractivity contribution in [3.05, 3.63) is 66.4 Å². The van der Waals surface area contributed by atoms with Gasteiger partial charge in [0.25, 0.3) is 0 Å². The van der Waals surface area contributed by atoms with Gasteiger partial charge in [-0.2, -0.15) is 5.10 Å². The zero-order valence-electron chi connectivity index (χ0n) is 17.8. The van der Waals surface area contributed by atoms with Gasteiger partial charge in [-0.1, -0.05) is 6.07 Å². The van der Waals surface area contributed by atoms with Gasteiger partial charge in [0.1, 0.15) is 5.75 Å². The molecule has 5 rings (SSSR count). The Balaban J connectivity index is 1.59. The summed E-state index contributed by atoms with van der Waals surface area (Å²) in [7, 11) is 5.52. The second-order valence-electron chi connectivity index (χ2n) is 7.54. The Morgan fingerprint density at radius 3 is 2.69 bits per heavy atom. The number of nitrogens with zero attached hydrogens (tertiary/aromatic N) is 4. The maximum atomic E-state index is 11.6. The topological polar surface area (TPSA) is 96.3 Å². The molecule has 3 aromatic heterocycles. The highest BCUT2D eigenvalue weighted by atomic mass is 16.5. The van der Waals surface area contributed by atoms with Crippen LogP contribution in [-0.2, 0) is 7.05 Å². The number of aromatic carboxylic acids is 1. The lowest BCUT2D eigenvalue weighted by Gasteiger charge is -2.20. The number of hydrogen-bond acceptors (Lipinski definition) is 5. The highest BCUT2D eigenvalue weighted by Gasteiger charge is 2.18. The number of aromatic nitrogens is 4. The predicted molar refractivity (Wildman–Crippen MR) is 124 cm³/mol. The van der Waals surface area contributed by atoms with Crippen molar-refractivity contribution in [1.29, 1.82) is 0 Å². The van der Waals surface area contributed by atoms with E-state index in [0.717, 1.165) is 39.4 Å². The smallest absolute Gasteiger partial charge is 0.337 e. The van der Waals surface area contributed by atoms with E-state index < -0.39 is 5.97 Å². The van der Waals surface area contributed by atoms with Gasteiger partial charge in [0.15, 0.2) is 0 Å². The molecule has 0 aliphatic rings. The Bertz CT molecular complexity index is 1480. The average Bonchev–Trinajstić information content (AvgIpc) is 3.37. The van der Waals surface area contributed by atoms with Crippen LogP contribution in [0.3, 0.4) is 0 Å². The van der Waals surface area contributed by atoms with Crippen molar-refractivity contribution in [1.82, 2.24) is 19.7 Å². The zero-order chi connectivity index (χ0) is 22.4. The van der Waals surface area contributed by atoms with Crippen LogP contribution in [0.2, 0.25) is 0 Å². The number of fused-ring (bicyclic) bond motifs is 2. The predicted octanol–water partition coefficient (Wildman–Crippen LogP) is 4.59. The lowest BCUT2D eigenvalue weighted by Crippen LogP contribution is -2.09. The summed E-state index contributed by atoms with van der Waals surface area (Å²) in [6, 6.07) is 17.3. The standard InChI is InChI=1S/C24H21N5O3/c1-28(14-5-4-6-16(11-14)32-3)15-7-8-17-19(12-15)27-29(2)23(17)21-13-20-22(26-21)18(24(30)31)9-10-25-20/h4-13,26H,1-3H3,(H,30,31). The maximum absolute atomic E-state index is 11.6. The lowest BCUT2D eigenvalue weighted by molar-refractivity contribution is 0.0698. The molecular weight excluding hydrogens is 406 g/mol. The Morgan fingerprint density at radius 1 is 1.09 bits per heavy atom. The van der Waals surface area contributed by atoms with Crippen molar-refractivity contribution < 1.29 is 14.6 Å². The normalized spacial score (nSPS) is 11.2. The molecule has 0 aliphatic heterocycles. The van der Waals surface area contributed by atoms with Gasteiger partial charge in [-0.05, 0) is 42.5 Å². The first-order valence-corrected chi connectivity index (χ1v) is 10.0. The molecule has 3 heterocycles. The van der Waals surface area contributed by atoms with Gasteiger partial charge in [0, 0.05) is 43.1 Å². The van der Waals surface area contributed by atoms with E-state index >= 15 is 0 Å². The third-order valence-electron chi connectivity index (χ3n) is 5.65. The quantitative estimate of drug-likeness (QED) is 0.426. The van der Waals surface area contributed by atoms with Gasteiger partial charge in [-0.3, -0.25) is 9.67 Å². The molecule has 0 fully saturated rings. The van der Waals surface area contributed by atoms with Crippen LogP contribution >= 0.6 is 0 Å². The molecule has 0 saturated heterocycles. The summed E-state index contributed by atoms with van der Waals surface area (Å²) >= 11 is 0. The summed E-state index contributed by atoms with van der Waals surface area (Å²) in [5.41, 5.74) is 5.74. The Hall–Kier alpha value is -4.33. The van der Waals surface area contributed by atoms with Crippen molar-refractivity contribution >= 4 is 39.3 Å². The van der Waals surface area contributed by atoms with Crippen LogP contribution in [0.15, 0.2) is 60.8 Å². The number of aryl methyl sites for hydroxylation is 1. The molecule has 160 valence electrons. The number of rotatable bonds is 5. The van der Waals surface area contributed by atoms with Crippen LogP contribution in [-0.4, -0.2) is 45.0 Å². The van der Waals surface area contributed by atoms with Crippen molar-refractivity contribution in [2.75, 3.05) is 19.1 Å². The van der Waals surface area contributed by atoms with Gasteiger partial charge >= 0.3 is 5.97 Å². The maximum Gasteiger partial charge on any atom is 0.337 e. The summed E-state index contributed by atoms with van der Waals surface area (Å²) in [6.45, 7) is 0. The number of pyridine rings is 1. The number of carboxylic acids is 1. The van der Waals surface area contributed by atoms with E-state index in [9.17, 15) is 9.90 Å². The molecule has 0 spiro atoms. The molecule has 8 heteroatoms. The number of carboxylic acid groups (broad SMARTS) is 1. The molecule has 2 aromatic carbocycles. The van der Waals surface area contributed by atoms with E-state index in [1.807, 2.05) is 62.6 Å². The Morgan fingerprint density at radius 2 is 1.91 bits per heavy atom. The monoisotopic (exact) mass is 427 g/mol. The summed E-state index contributed by atoms with van der Waals surface area (Å²) in [6.07, 6.45) is 1.51. The highest BCUT2D eigenvalue weighted by Crippen LogP contribution is 2.34. The molecule has 0 bridgehead atoms. The third-order valence-corrected chi connectivity index (χ3v) is 5.65. The Kier molecular flexibility index (Phi) is 4.55. The average molecular weight is 427 g/mol. The first kappa shape index (κ1) is 19.6. The molecule has 0 unspecified atom stereocenters. The minimum absolute atomic E-state index is 0.190. The van der Waals surface area contributed by atoms with E-state index in [0.29, 0.717) is 11.0 Å². The van der Waals surface area contributed by atoms with Crippen LogP contribution in [0.1, 0.15) is 10.4 Å². The number of methoxy groups -OCH3 is 1. The molecule has 32 heavy (non-hydrogen) atoms. The Labute approximate surface area is 183 Å². The number of ether oxygens (including phenoxy) is 1. The van der Waals surface area contributed by atoms with Crippen molar-refractivity contribution in [2.24, 2.45) is 7.05 Å². The van der Waals surface area contributed by atoms with E-state index in [1.165, 1.54) is 12.3 Å². The zero-order valence-corrected chi connectivity index (χ0v) is 17.8. The van der Waals surface area contributed by atoms with Gasteiger partial charge < -0.3 is 19.7 Å². The van der Waals surface area contributed by atoms with E-state index in [1.54, 1.807) is 11.8 Å². The number of anilines is 2. The number of benzene rings is 2. The number of hydrogen-bond donors (Lipinski definition) is 2. The molecule has 0 radical (unpaired) electrons. The van der Waals surface area contributed by atoms with Crippen LogP contribution in [0, 0.1) is 0 Å². The van der Waals surface area contributed by atoms with E-state index in [2.05, 4.69) is 14.9 Å². The second-order valence-corrected chi connectivity index (χ2v) is 7.54. The van der Waals surface area contributed by atoms with Crippen molar-refractivity contribution in [2.45, 2.75) is 0 Å². The van der Waals surface area contributed by atoms with Crippen LogP contribution in [0.25, 0.3) is 33.3 Å². The second kappa shape index (κ2) is 7.42. The first-order chi connectivity index (χ1) is 15.5. The molecule has 2 N–H and O–H groups in total. The molecular formula is C24H21N5O3. The summed E-state index contributed by atoms with van der Waals surface area (Å²) in [4.78, 5) is 21.2. The van der Waals surface area contributed by atoms with E-state index in [-0.39, 0.29) is 5.56 Å². The number of aromatic amines is 1. The number of carbonyl (C=O) groups is 1. The highest BCUT2D eigenvalue weighted by molar-refractivity contribution is 6.03. The van der Waals surface area contributed by atoms with Gasteiger partial charge in [-0.25, -0.2) is 4.79 Å². The minimum Gasteiger partial charge on any atom is -0.497 e. The minimum atomic E-state index is -0.995. The van der Waals surface area contributed by atoms with Crippen LogP contribution in [0.4, 0.5) is 11.4 Å². The third kappa shape index (κ3) is 3.13. The van der Waals surface area contributed by atoms with Gasteiger partial charge in [-0.15, -0.1) is 0 Å². The number of H-pyrrole nitrogens is 1. The van der Waals surface area contributed by atoms with Crippen molar-refractivity contribution in [3.8, 4) is 17.1 Å². The van der Waals surface area contributed by atoms with Crippen LogP contribution < -0.4 is 9.64 Å². The molecule has 0 saturated carbocycles. The first-order valence-electron chi connectivity index (χ1n) is 10.0. The molecule has 8 nitrogen and oxygen atoms in total. The lowest BCUT2D eigenvalue weighted by atomic mass is 10.1. The van der Waals surface area contributed by atoms with Crippen molar-refractivity contribution in [3.63, 3.8) is 0 Å². The summed E-state index contributed by atoms with van der Waals surface area (Å²) < 4.78 is 7.14. The fourth-order valence-corrected chi connectivity index (χ4v) is 4.02. The van der Waals surface area contributed by atoms with E-state index in [4.69, 9.17) is 9.84 Å². The fourth-order valence-electron chi connectivity index (χ4n) is 4.02. The summed E-state index contributed by atoms with van der Waals surface area (Å²) in [5.74, 6) is -0.199. The van der Waals surface area contributed by atoms with Gasteiger partial charge in [0.05, 0.1) is 40.6 Å². The summed E-state index contributed by atoms with van der Waals surface area (Å²) in [5, 5.41) is 15.1. The molecule has 0 aliphatic carbocycles. The van der Waals surface area contributed by atoms with Crippen LogP contribution in [0.5, 0.6) is 5.75 Å². The largest absolute Gasteiger partial charge is 0.497 e. The fraction of sp³-hybridized carbons (Fsp3) is 0.125. The molecule has 5 aromatic rings. The van der Waals surface area contributed by atoms with Gasteiger partial charge in [0.2, 0.25) is 0 Å². The molecule has 0 amide bonds.